The molecule has 12 nitrogen and oxygen atoms in total. The number of nitrogens with zero attached hydrogens (tertiary/aromatic N) is 2. The molecular weight excluding hydrogens is 1230 g/mol. The summed E-state index contributed by atoms with van der Waals surface area (Å²) in [6.07, 6.45) is 12.0. The molecule has 5 heterocycles. The van der Waals surface area contributed by atoms with Gasteiger partial charge in [-0.1, -0.05) is 127 Å². The van der Waals surface area contributed by atoms with Gasteiger partial charge in [0.05, 0.1) is 34.8 Å². The molecule has 0 fully saturated rings. The lowest BCUT2D eigenvalue weighted by molar-refractivity contribution is 0.101. The number of anilines is 4. The molecule has 4 amide bonds. The van der Waals surface area contributed by atoms with E-state index in [0.29, 0.717) is 118 Å². The van der Waals surface area contributed by atoms with Crippen LogP contribution in [0, 0.1) is 0 Å². The molecule has 2 unspecified atom stereocenters. The lowest BCUT2D eigenvalue weighted by Crippen LogP contribution is -2.34. The molecule has 0 spiro atoms. The molecule has 452 valence electrons. The zero-order valence-corrected chi connectivity index (χ0v) is 52.1. The van der Waals surface area contributed by atoms with Crippen LogP contribution in [0.25, 0.3) is 16.7 Å². The smallest absolute Gasteiger partial charge is 0.255 e. The van der Waals surface area contributed by atoms with Gasteiger partial charge in [-0.3, -0.25) is 24.2 Å². The van der Waals surface area contributed by atoms with E-state index in [2.05, 4.69) is 37.6 Å². The first kappa shape index (κ1) is 60.6. The Morgan fingerprint density at radius 3 is 1.24 bits per heavy atom. The van der Waals surface area contributed by atoms with Crippen molar-refractivity contribution in [3.63, 3.8) is 0 Å². The number of rotatable bonds is 16. The van der Waals surface area contributed by atoms with Crippen molar-refractivity contribution in [3.05, 3.63) is 338 Å². The zero-order chi connectivity index (χ0) is 63.2. The van der Waals surface area contributed by atoms with Gasteiger partial charge in [-0.15, -0.1) is 46.4 Å². The molecule has 0 saturated heterocycles. The number of halogens is 4. The number of carbonyl (C=O) groups is 4. The van der Waals surface area contributed by atoms with Crippen molar-refractivity contribution in [2.45, 2.75) is 35.5 Å². The Balaban J connectivity index is 1.03. The Morgan fingerprint density at radius 2 is 0.783 bits per heavy atom. The number of benzene rings is 8. The monoisotopic (exact) mass is 1280 g/mol. The van der Waals surface area contributed by atoms with E-state index in [1.807, 2.05) is 182 Å². The topological polar surface area (TPSA) is 169 Å². The van der Waals surface area contributed by atoms with Crippen LogP contribution >= 0.6 is 46.4 Å². The number of H-pyrrole nitrogens is 1. The first-order chi connectivity index (χ1) is 45.0. The Kier molecular flexibility index (Phi) is 17.8. The molecule has 0 aliphatic carbocycles. The highest BCUT2D eigenvalue weighted by atomic mass is 35.5. The van der Waals surface area contributed by atoms with Gasteiger partial charge in [0, 0.05) is 119 Å². The molecule has 8 aromatic carbocycles. The van der Waals surface area contributed by atoms with Gasteiger partial charge < -0.3 is 31.6 Å². The van der Waals surface area contributed by atoms with Crippen LogP contribution in [0.4, 0.5) is 22.7 Å². The van der Waals surface area contributed by atoms with E-state index in [9.17, 15) is 19.2 Å². The number of aromatic amines is 1. The van der Waals surface area contributed by atoms with Crippen molar-refractivity contribution in [2.75, 3.05) is 21.3 Å². The van der Waals surface area contributed by atoms with Crippen molar-refractivity contribution in [3.8, 4) is 0 Å². The average molecular weight is 1290 g/mol. The maximum atomic E-state index is 14.4. The van der Waals surface area contributed by atoms with Crippen molar-refractivity contribution in [1.29, 1.82) is 0 Å². The SMILES string of the molecule is O=C(Nc1ccccc1/C1=C2\C=CC(N2)C(c2ccccc2NC(=O)c2cccc(CCl)c2)C2=N/C(=C(/c3ccccc3NC(=O)c3cccc(CCl)c3)c3ccc([nH]3)/C(c3ccccc3NC(=O)c3cccc(CCl)c3)=C3/C=CC1=N3)C=C2)c1cccc(CCl)c1. The molecular formula is C76H56Cl4N8O4. The van der Waals surface area contributed by atoms with Gasteiger partial charge in [0.15, 0.2) is 0 Å². The van der Waals surface area contributed by atoms with Crippen molar-refractivity contribution in [2.24, 2.45) is 9.98 Å². The number of alkyl halides is 4. The quantitative estimate of drug-likeness (QED) is 0.0529. The molecule has 13 rings (SSSR count). The van der Waals surface area contributed by atoms with Gasteiger partial charge in [0.1, 0.15) is 0 Å². The molecule has 9 aromatic rings. The van der Waals surface area contributed by atoms with Gasteiger partial charge in [-0.25, -0.2) is 4.99 Å². The summed E-state index contributed by atoms with van der Waals surface area (Å²) in [5, 5.41) is 16.8. The van der Waals surface area contributed by atoms with Gasteiger partial charge in [-0.2, -0.15) is 0 Å². The van der Waals surface area contributed by atoms with Crippen molar-refractivity contribution >= 4 is 121 Å². The minimum absolute atomic E-state index is 0.235. The van der Waals surface area contributed by atoms with E-state index >= 15 is 0 Å². The van der Waals surface area contributed by atoms with E-state index in [1.54, 1.807) is 54.6 Å². The minimum atomic E-state index is -0.585. The highest BCUT2D eigenvalue weighted by Crippen LogP contribution is 2.43. The number of nitrogens with one attached hydrogen (secondary N) is 6. The molecule has 16 heteroatoms. The van der Waals surface area contributed by atoms with Crippen LogP contribution in [0.3, 0.4) is 0 Å². The highest BCUT2D eigenvalue weighted by Gasteiger charge is 2.35. The second kappa shape index (κ2) is 27.0. The number of para-hydroxylation sites is 4. The van der Waals surface area contributed by atoms with Crippen LogP contribution in [-0.4, -0.2) is 46.1 Å². The summed E-state index contributed by atoms with van der Waals surface area (Å²) in [6, 6.07) is 62.8. The van der Waals surface area contributed by atoms with Crippen molar-refractivity contribution in [1.82, 2.24) is 10.3 Å². The standard InChI is InChI=1S/C76H56Cl4N8O4/c77-41-45-13-9-17-49(37-45)73(89)85-57-25-5-1-21-53(57)69-61-29-31-63(81-61)70(54-22-2-6-26-58(54)86-74(90)50-18-10-14-46(38-50)42-78)65-33-35-67(83-65)72(56-24-4-8-28-60(56)88-76(92)52-20-12-16-48(40-52)44-80)68-36-34-66(84-68)71(64-32-30-62(69)82-64)55-23-3-7-27-59(55)87-75(91)51-19-11-15-47(39-51)43-79/h1-40,61,69,81,84H,41-44H2,(H,85,89)(H,86,90)(H,87,91)(H,88,92)/b70-63-,71-64-,72-67-. The number of amides is 4. The fourth-order valence-electron chi connectivity index (χ4n) is 11.9. The van der Waals surface area contributed by atoms with Crippen molar-refractivity contribution < 1.29 is 19.2 Å². The molecule has 4 aliphatic heterocycles. The predicted octanol–water partition coefficient (Wildman–Crippen LogP) is 17.3. The Morgan fingerprint density at radius 1 is 0.391 bits per heavy atom. The van der Waals surface area contributed by atoms with E-state index < -0.39 is 12.0 Å². The molecule has 0 saturated carbocycles. The first-order valence-corrected chi connectivity index (χ1v) is 31.8. The second-order valence-corrected chi connectivity index (χ2v) is 23.2. The summed E-state index contributed by atoms with van der Waals surface area (Å²) in [7, 11) is 0. The van der Waals surface area contributed by atoms with Crippen LogP contribution in [0.15, 0.2) is 270 Å². The fourth-order valence-corrected chi connectivity index (χ4v) is 12.6. The third-order valence-electron chi connectivity index (χ3n) is 16.3. The van der Waals surface area contributed by atoms with E-state index in [1.165, 1.54) is 0 Å². The molecule has 2 atom stereocenters. The van der Waals surface area contributed by atoms with Crippen LogP contribution in [0.2, 0.25) is 0 Å². The minimum Gasteiger partial charge on any atom is -0.377 e. The van der Waals surface area contributed by atoms with Gasteiger partial charge in [0.2, 0.25) is 0 Å². The fraction of sp³-hybridized carbons (Fsp3) is 0.0789. The molecule has 0 radical (unpaired) electrons. The van der Waals surface area contributed by atoms with E-state index in [-0.39, 0.29) is 47.1 Å². The number of fused-ring (bicyclic) bond motifs is 6. The van der Waals surface area contributed by atoms with Crippen LogP contribution in [0.5, 0.6) is 0 Å². The predicted molar refractivity (Wildman–Crippen MR) is 373 cm³/mol. The van der Waals surface area contributed by atoms with E-state index in [0.717, 1.165) is 27.8 Å². The Bertz CT molecular complexity index is 4740. The zero-order valence-electron chi connectivity index (χ0n) is 49.1. The normalized spacial score (nSPS) is 17.8. The maximum absolute atomic E-state index is 14.4. The molecule has 4 aliphatic rings. The number of hydrogen-bond donors (Lipinski definition) is 6. The van der Waals surface area contributed by atoms with Crippen LogP contribution < -0.4 is 26.6 Å². The average Bonchev–Trinajstić information content (AvgIpc) is 1.60. The van der Waals surface area contributed by atoms with Gasteiger partial charge in [0.25, 0.3) is 23.6 Å². The third kappa shape index (κ3) is 12.6. The van der Waals surface area contributed by atoms with Crippen LogP contribution in [-0.2, 0) is 23.5 Å². The van der Waals surface area contributed by atoms with E-state index in [4.69, 9.17) is 56.4 Å². The molecule has 92 heavy (non-hydrogen) atoms. The van der Waals surface area contributed by atoms with Crippen LogP contribution in [0.1, 0.15) is 103 Å². The first-order valence-electron chi connectivity index (χ1n) is 29.7. The summed E-state index contributed by atoms with van der Waals surface area (Å²) in [4.78, 5) is 72.4. The van der Waals surface area contributed by atoms with Gasteiger partial charge >= 0.3 is 0 Å². The summed E-state index contributed by atoms with van der Waals surface area (Å²) in [5.41, 5.74) is 16.0. The maximum Gasteiger partial charge on any atom is 0.255 e. The molecule has 8 bridgehead atoms. The number of allylic oxidation sites excluding steroid dienone is 6. The summed E-state index contributed by atoms with van der Waals surface area (Å²) in [5.74, 6) is -0.953. The van der Waals surface area contributed by atoms with Gasteiger partial charge in [-0.05, 0) is 143 Å². The molecule has 1 aromatic heterocycles. The lowest BCUT2D eigenvalue weighted by atomic mass is 9.86. The lowest BCUT2D eigenvalue weighted by Gasteiger charge is -2.27. The number of carbonyl (C=O) groups excluding carboxylic acids is 4. The Labute approximate surface area is 551 Å². The third-order valence-corrected chi connectivity index (χ3v) is 17.5. The second-order valence-electron chi connectivity index (χ2n) is 22.2. The number of hydrogen-bond acceptors (Lipinski definition) is 7. The summed E-state index contributed by atoms with van der Waals surface area (Å²) < 4.78 is 0. The Hall–Kier alpha value is -10.3. The number of aromatic nitrogens is 1. The number of aliphatic imine (C=N–C) groups is 2. The molecule has 6 N–H and O–H groups in total. The summed E-state index contributed by atoms with van der Waals surface area (Å²) >= 11 is 25.1. The largest absolute Gasteiger partial charge is 0.377 e. The summed E-state index contributed by atoms with van der Waals surface area (Å²) in [6.45, 7) is 0. The highest BCUT2D eigenvalue weighted by molar-refractivity contribution is 6.33.